The molecular formula is C17H16N4. The van der Waals surface area contributed by atoms with Gasteiger partial charge in [-0.3, -0.25) is 0 Å². The quantitative estimate of drug-likeness (QED) is 0.782. The van der Waals surface area contributed by atoms with Gasteiger partial charge in [-0.2, -0.15) is 0 Å². The van der Waals surface area contributed by atoms with Crippen LogP contribution < -0.4 is 5.32 Å². The average Bonchev–Trinajstić information content (AvgIpc) is 3.12. The van der Waals surface area contributed by atoms with E-state index in [2.05, 4.69) is 39.1 Å². The number of pyridine rings is 1. The lowest BCUT2D eigenvalue weighted by Crippen LogP contribution is -2.00. The first-order chi connectivity index (χ1) is 10.4. The minimum Gasteiger partial charge on any atom is -0.309 e. The molecule has 21 heavy (non-hydrogen) atoms. The smallest absolute Gasteiger partial charge is 0.160 e. The van der Waals surface area contributed by atoms with Crippen molar-refractivity contribution in [3.8, 4) is 11.4 Å². The van der Waals surface area contributed by atoms with E-state index < -0.39 is 0 Å². The van der Waals surface area contributed by atoms with Crippen LogP contribution in [0.4, 0.5) is 0 Å². The summed E-state index contributed by atoms with van der Waals surface area (Å²) < 4.78 is 2.33. The molecule has 3 heterocycles. The summed E-state index contributed by atoms with van der Waals surface area (Å²) in [4.78, 5) is 9.40. The second-order valence-electron chi connectivity index (χ2n) is 5.97. The van der Waals surface area contributed by atoms with E-state index in [0.29, 0.717) is 6.04 Å². The maximum absolute atomic E-state index is 4.85. The van der Waals surface area contributed by atoms with Crippen molar-refractivity contribution < 1.29 is 0 Å². The topological polar surface area (TPSA) is 42.7 Å². The minimum atomic E-state index is 0.575. The molecule has 1 aliphatic carbocycles. The highest BCUT2D eigenvalue weighted by atomic mass is 15.2. The van der Waals surface area contributed by atoms with Crippen LogP contribution in [-0.4, -0.2) is 14.5 Å². The van der Waals surface area contributed by atoms with Crippen LogP contribution in [0.25, 0.3) is 22.6 Å². The van der Waals surface area contributed by atoms with Crippen molar-refractivity contribution in [3.05, 3.63) is 47.7 Å². The first-order valence-corrected chi connectivity index (χ1v) is 7.56. The number of hydrogen-bond acceptors (Lipinski definition) is 3. The molecule has 1 N–H and O–H groups in total. The molecule has 0 radical (unpaired) electrons. The molecule has 0 spiro atoms. The highest BCUT2D eigenvalue weighted by Gasteiger charge is 2.29. The van der Waals surface area contributed by atoms with Crippen LogP contribution in [0.15, 0.2) is 36.5 Å². The summed E-state index contributed by atoms with van der Waals surface area (Å²) in [5.41, 5.74) is 6.04. The van der Waals surface area contributed by atoms with Crippen molar-refractivity contribution in [2.75, 3.05) is 0 Å². The van der Waals surface area contributed by atoms with Crippen LogP contribution in [0, 0.1) is 0 Å². The van der Waals surface area contributed by atoms with E-state index in [1.54, 1.807) is 0 Å². The van der Waals surface area contributed by atoms with Crippen LogP contribution in [0.1, 0.15) is 30.0 Å². The van der Waals surface area contributed by atoms with Gasteiger partial charge in [0.25, 0.3) is 0 Å². The molecule has 0 unspecified atom stereocenters. The molecule has 4 nitrogen and oxygen atoms in total. The third-order valence-electron chi connectivity index (χ3n) is 4.46. The zero-order chi connectivity index (χ0) is 13.8. The van der Waals surface area contributed by atoms with Gasteiger partial charge in [0.05, 0.1) is 0 Å². The fourth-order valence-electron chi connectivity index (χ4n) is 3.25. The summed E-state index contributed by atoms with van der Waals surface area (Å²) in [6, 6.07) is 11.3. The van der Waals surface area contributed by atoms with Crippen LogP contribution in [0.3, 0.4) is 0 Å². The number of nitrogens with one attached hydrogen (secondary N) is 1. The van der Waals surface area contributed by atoms with Crippen molar-refractivity contribution in [1.82, 2.24) is 19.9 Å². The minimum absolute atomic E-state index is 0.575. The van der Waals surface area contributed by atoms with E-state index in [1.165, 1.54) is 29.5 Å². The van der Waals surface area contributed by atoms with Gasteiger partial charge in [0.1, 0.15) is 11.3 Å². The van der Waals surface area contributed by atoms with E-state index in [-0.39, 0.29) is 0 Å². The average molecular weight is 276 g/mol. The molecule has 5 rings (SSSR count). The second kappa shape index (κ2) is 4.15. The molecule has 1 saturated carbocycles. The molecule has 2 aromatic heterocycles. The van der Waals surface area contributed by atoms with Gasteiger partial charge in [0, 0.05) is 30.9 Å². The molecule has 3 aromatic rings. The van der Waals surface area contributed by atoms with Gasteiger partial charge in [-0.25, -0.2) is 9.97 Å². The second-order valence-corrected chi connectivity index (χ2v) is 5.97. The number of benzene rings is 1. The molecule has 1 fully saturated rings. The van der Waals surface area contributed by atoms with Crippen LogP contribution >= 0.6 is 0 Å². The SMILES string of the molecule is c1cnc2c(c1)nc(-c1ccc3c(c1)CNC3)n2C1CC1. The summed E-state index contributed by atoms with van der Waals surface area (Å²) in [5, 5.41) is 3.40. The van der Waals surface area contributed by atoms with E-state index >= 15 is 0 Å². The Morgan fingerprint density at radius 3 is 2.90 bits per heavy atom. The Morgan fingerprint density at radius 2 is 2.00 bits per heavy atom. The summed E-state index contributed by atoms with van der Waals surface area (Å²) in [6.07, 6.45) is 4.34. The van der Waals surface area contributed by atoms with E-state index in [0.717, 1.165) is 30.1 Å². The maximum atomic E-state index is 4.85. The van der Waals surface area contributed by atoms with Gasteiger partial charge in [0.15, 0.2) is 5.65 Å². The Bertz CT molecular complexity index is 845. The van der Waals surface area contributed by atoms with Crippen molar-refractivity contribution in [1.29, 1.82) is 0 Å². The Hall–Kier alpha value is -2.20. The lowest BCUT2D eigenvalue weighted by Gasteiger charge is -2.08. The molecule has 104 valence electrons. The predicted octanol–water partition coefficient (Wildman–Crippen LogP) is 3.04. The van der Waals surface area contributed by atoms with Crippen LogP contribution in [-0.2, 0) is 13.1 Å². The fraction of sp³-hybridized carbons (Fsp3) is 0.294. The van der Waals surface area contributed by atoms with Gasteiger partial charge in [-0.05, 0) is 42.2 Å². The summed E-state index contributed by atoms with van der Waals surface area (Å²) in [7, 11) is 0. The van der Waals surface area contributed by atoms with Crippen LogP contribution in [0.5, 0.6) is 0 Å². The molecule has 4 heteroatoms. The van der Waals surface area contributed by atoms with E-state index in [1.807, 2.05) is 12.3 Å². The fourth-order valence-corrected chi connectivity index (χ4v) is 3.25. The van der Waals surface area contributed by atoms with Gasteiger partial charge in [-0.15, -0.1) is 0 Å². The number of imidazole rings is 1. The zero-order valence-corrected chi connectivity index (χ0v) is 11.7. The normalized spacial score (nSPS) is 17.3. The number of aromatic nitrogens is 3. The van der Waals surface area contributed by atoms with Crippen molar-refractivity contribution in [3.63, 3.8) is 0 Å². The Kier molecular flexibility index (Phi) is 2.26. The number of nitrogens with zero attached hydrogens (tertiary/aromatic N) is 3. The van der Waals surface area contributed by atoms with Gasteiger partial charge in [0.2, 0.25) is 0 Å². The third kappa shape index (κ3) is 1.72. The maximum Gasteiger partial charge on any atom is 0.160 e. The Balaban J connectivity index is 1.75. The Morgan fingerprint density at radius 1 is 1.10 bits per heavy atom. The molecule has 0 bridgehead atoms. The Labute approximate surface area is 122 Å². The molecule has 1 aliphatic heterocycles. The van der Waals surface area contributed by atoms with Gasteiger partial charge < -0.3 is 9.88 Å². The first kappa shape index (κ1) is 11.5. The van der Waals surface area contributed by atoms with Crippen LogP contribution in [0.2, 0.25) is 0 Å². The molecule has 2 aliphatic rings. The lowest BCUT2D eigenvalue weighted by atomic mass is 10.1. The summed E-state index contributed by atoms with van der Waals surface area (Å²) in [6.45, 7) is 1.95. The first-order valence-electron chi connectivity index (χ1n) is 7.56. The largest absolute Gasteiger partial charge is 0.309 e. The number of hydrogen-bond donors (Lipinski definition) is 1. The van der Waals surface area contributed by atoms with Crippen molar-refractivity contribution in [2.45, 2.75) is 32.0 Å². The zero-order valence-electron chi connectivity index (χ0n) is 11.7. The molecule has 1 aromatic carbocycles. The molecule has 0 atom stereocenters. The van der Waals surface area contributed by atoms with E-state index in [9.17, 15) is 0 Å². The van der Waals surface area contributed by atoms with Gasteiger partial charge in [-0.1, -0.05) is 12.1 Å². The molecular weight excluding hydrogens is 260 g/mol. The highest BCUT2D eigenvalue weighted by Crippen LogP contribution is 2.41. The lowest BCUT2D eigenvalue weighted by molar-refractivity contribution is 0.763. The highest BCUT2D eigenvalue weighted by molar-refractivity contribution is 5.77. The van der Waals surface area contributed by atoms with E-state index in [4.69, 9.17) is 4.98 Å². The number of rotatable bonds is 2. The predicted molar refractivity (Wildman–Crippen MR) is 81.8 cm³/mol. The number of fused-ring (bicyclic) bond motifs is 2. The summed E-state index contributed by atoms with van der Waals surface area (Å²) in [5.74, 6) is 1.07. The third-order valence-corrected chi connectivity index (χ3v) is 4.46. The summed E-state index contributed by atoms with van der Waals surface area (Å²) >= 11 is 0. The van der Waals surface area contributed by atoms with Crippen molar-refractivity contribution >= 4 is 11.2 Å². The van der Waals surface area contributed by atoms with Gasteiger partial charge >= 0.3 is 0 Å². The van der Waals surface area contributed by atoms with Crippen molar-refractivity contribution in [2.24, 2.45) is 0 Å². The molecule has 0 saturated heterocycles. The monoisotopic (exact) mass is 276 g/mol. The standard InChI is InChI=1S/C17H16N4/c1-2-15-17(19-7-1)21(14-5-6-14)16(20-15)11-3-4-12-9-18-10-13(12)8-11/h1-4,7-8,14,18H,5-6,9-10H2. The molecule has 0 amide bonds.